The standard InChI is InChI=1S/C16H24Cl2N2O/c1-10(2)7-15(19)16(21)20(11(3)4)9-12-5-6-13(17)14(18)8-12/h5-6,8,10-11,15H,7,9,19H2,1-4H3. The molecule has 1 aromatic carbocycles. The summed E-state index contributed by atoms with van der Waals surface area (Å²) in [5, 5.41) is 1.01. The average molecular weight is 331 g/mol. The predicted molar refractivity (Wildman–Crippen MR) is 89.6 cm³/mol. The van der Waals surface area contributed by atoms with Crippen molar-refractivity contribution < 1.29 is 4.79 Å². The molecule has 0 fully saturated rings. The molecule has 5 heteroatoms. The number of benzene rings is 1. The van der Waals surface area contributed by atoms with Crippen LogP contribution >= 0.6 is 23.2 Å². The molecule has 0 aliphatic rings. The van der Waals surface area contributed by atoms with Gasteiger partial charge in [0, 0.05) is 12.6 Å². The van der Waals surface area contributed by atoms with Crippen LogP contribution in [-0.2, 0) is 11.3 Å². The van der Waals surface area contributed by atoms with E-state index in [2.05, 4.69) is 13.8 Å². The zero-order chi connectivity index (χ0) is 16.2. The van der Waals surface area contributed by atoms with E-state index in [0.29, 0.717) is 28.9 Å². The van der Waals surface area contributed by atoms with Crippen LogP contribution in [0.15, 0.2) is 18.2 Å². The third kappa shape index (κ3) is 5.50. The van der Waals surface area contributed by atoms with Crippen molar-refractivity contribution in [3.63, 3.8) is 0 Å². The van der Waals surface area contributed by atoms with Crippen LogP contribution in [0.1, 0.15) is 39.7 Å². The molecule has 0 aliphatic carbocycles. The molecule has 1 aromatic rings. The number of carbonyl (C=O) groups is 1. The molecule has 118 valence electrons. The van der Waals surface area contributed by atoms with Crippen LogP contribution in [-0.4, -0.2) is 22.9 Å². The van der Waals surface area contributed by atoms with Gasteiger partial charge in [0.25, 0.3) is 0 Å². The van der Waals surface area contributed by atoms with Gasteiger partial charge in [-0.25, -0.2) is 0 Å². The summed E-state index contributed by atoms with van der Waals surface area (Å²) in [5.41, 5.74) is 6.97. The van der Waals surface area contributed by atoms with Gasteiger partial charge in [0.15, 0.2) is 0 Å². The van der Waals surface area contributed by atoms with E-state index in [9.17, 15) is 4.79 Å². The van der Waals surface area contributed by atoms with Gasteiger partial charge in [0.1, 0.15) is 0 Å². The lowest BCUT2D eigenvalue weighted by molar-refractivity contribution is -0.135. The number of hydrogen-bond donors (Lipinski definition) is 1. The van der Waals surface area contributed by atoms with Crippen molar-refractivity contribution in [2.75, 3.05) is 0 Å². The van der Waals surface area contributed by atoms with E-state index in [1.54, 1.807) is 17.0 Å². The van der Waals surface area contributed by atoms with Crippen LogP contribution in [0.3, 0.4) is 0 Å². The van der Waals surface area contributed by atoms with Gasteiger partial charge in [-0.1, -0.05) is 43.1 Å². The fraction of sp³-hybridized carbons (Fsp3) is 0.562. The second kappa shape index (κ2) is 8.02. The van der Waals surface area contributed by atoms with Crippen LogP contribution in [0.2, 0.25) is 10.0 Å². The maximum absolute atomic E-state index is 12.5. The third-order valence-corrected chi connectivity index (χ3v) is 4.02. The largest absolute Gasteiger partial charge is 0.335 e. The number of amides is 1. The SMILES string of the molecule is CC(C)CC(N)C(=O)N(Cc1ccc(Cl)c(Cl)c1)C(C)C. The molecule has 2 N–H and O–H groups in total. The summed E-state index contributed by atoms with van der Waals surface area (Å²) in [6.45, 7) is 8.58. The van der Waals surface area contributed by atoms with Crippen molar-refractivity contribution in [2.45, 2.75) is 52.7 Å². The molecular weight excluding hydrogens is 307 g/mol. The molecule has 1 atom stereocenters. The predicted octanol–water partition coefficient (Wildman–Crippen LogP) is 4.10. The molecule has 0 saturated heterocycles. The zero-order valence-electron chi connectivity index (χ0n) is 13.1. The summed E-state index contributed by atoms with van der Waals surface area (Å²) < 4.78 is 0. The lowest BCUT2D eigenvalue weighted by Gasteiger charge is -2.30. The molecule has 1 rings (SSSR count). The van der Waals surface area contributed by atoms with Crippen molar-refractivity contribution in [1.29, 1.82) is 0 Å². The third-order valence-electron chi connectivity index (χ3n) is 3.29. The van der Waals surface area contributed by atoms with Gasteiger partial charge in [-0.2, -0.15) is 0 Å². The topological polar surface area (TPSA) is 46.3 Å². The molecule has 21 heavy (non-hydrogen) atoms. The smallest absolute Gasteiger partial charge is 0.240 e. The van der Waals surface area contributed by atoms with E-state index in [1.165, 1.54) is 0 Å². The van der Waals surface area contributed by atoms with Crippen molar-refractivity contribution in [3.8, 4) is 0 Å². The summed E-state index contributed by atoms with van der Waals surface area (Å²) in [5.74, 6) is 0.368. The number of nitrogens with zero attached hydrogens (tertiary/aromatic N) is 1. The number of carbonyl (C=O) groups excluding carboxylic acids is 1. The summed E-state index contributed by atoms with van der Waals surface area (Å²) in [4.78, 5) is 14.3. The molecule has 0 saturated carbocycles. The highest BCUT2D eigenvalue weighted by Crippen LogP contribution is 2.24. The Morgan fingerprint density at radius 1 is 1.19 bits per heavy atom. The first-order chi connectivity index (χ1) is 9.72. The average Bonchev–Trinajstić information content (AvgIpc) is 2.38. The van der Waals surface area contributed by atoms with E-state index in [4.69, 9.17) is 28.9 Å². The summed E-state index contributed by atoms with van der Waals surface area (Å²) in [7, 11) is 0. The Hall–Kier alpha value is -0.770. The van der Waals surface area contributed by atoms with Gasteiger partial charge in [0.2, 0.25) is 5.91 Å². The second-order valence-corrected chi connectivity index (χ2v) is 6.86. The van der Waals surface area contributed by atoms with Crippen LogP contribution in [0.5, 0.6) is 0 Å². The van der Waals surface area contributed by atoms with E-state index < -0.39 is 6.04 Å². The molecule has 3 nitrogen and oxygen atoms in total. The zero-order valence-corrected chi connectivity index (χ0v) is 14.6. The fourth-order valence-electron chi connectivity index (χ4n) is 2.17. The molecule has 0 heterocycles. The minimum absolute atomic E-state index is 0.0234. The minimum atomic E-state index is -0.463. The molecule has 0 aliphatic heterocycles. The Labute approximate surface area is 137 Å². The maximum atomic E-state index is 12.5. The lowest BCUT2D eigenvalue weighted by Crippen LogP contribution is -2.47. The Morgan fingerprint density at radius 3 is 2.29 bits per heavy atom. The van der Waals surface area contributed by atoms with E-state index in [1.807, 2.05) is 19.9 Å². The van der Waals surface area contributed by atoms with Crippen LogP contribution in [0, 0.1) is 5.92 Å². The summed E-state index contributed by atoms with van der Waals surface area (Å²) >= 11 is 11.9. The Balaban J connectivity index is 2.86. The Bertz CT molecular complexity index is 489. The van der Waals surface area contributed by atoms with Crippen LogP contribution in [0.25, 0.3) is 0 Å². The van der Waals surface area contributed by atoms with E-state index in [0.717, 1.165) is 5.56 Å². The molecule has 0 spiro atoms. The fourth-order valence-corrected chi connectivity index (χ4v) is 2.49. The number of halogens is 2. The van der Waals surface area contributed by atoms with Gasteiger partial charge in [-0.15, -0.1) is 0 Å². The summed E-state index contributed by atoms with van der Waals surface area (Å²) in [6.07, 6.45) is 0.684. The highest BCUT2D eigenvalue weighted by atomic mass is 35.5. The van der Waals surface area contributed by atoms with Crippen LogP contribution < -0.4 is 5.73 Å². The Morgan fingerprint density at radius 2 is 1.81 bits per heavy atom. The first kappa shape index (κ1) is 18.3. The second-order valence-electron chi connectivity index (χ2n) is 6.04. The first-order valence-electron chi connectivity index (χ1n) is 7.22. The van der Waals surface area contributed by atoms with Gasteiger partial charge in [-0.3, -0.25) is 4.79 Å². The van der Waals surface area contributed by atoms with Crippen molar-refractivity contribution >= 4 is 29.1 Å². The quantitative estimate of drug-likeness (QED) is 0.853. The summed E-state index contributed by atoms with van der Waals surface area (Å²) in [6, 6.07) is 5.03. The monoisotopic (exact) mass is 330 g/mol. The molecule has 1 amide bonds. The lowest BCUT2D eigenvalue weighted by atomic mass is 10.0. The first-order valence-corrected chi connectivity index (χ1v) is 7.98. The highest BCUT2D eigenvalue weighted by molar-refractivity contribution is 6.42. The number of nitrogens with two attached hydrogens (primary N) is 1. The van der Waals surface area contributed by atoms with Gasteiger partial charge < -0.3 is 10.6 Å². The highest BCUT2D eigenvalue weighted by Gasteiger charge is 2.24. The molecule has 0 bridgehead atoms. The van der Waals surface area contributed by atoms with E-state index in [-0.39, 0.29) is 11.9 Å². The Kier molecular flexibility index (Phi) is 6.98. The van der Waals surface area contributed by atoms with Gasteiger partial charge in [0.05, 0.1) is 16.1 Å². The van der Waals surface area contributed by atoms with Crippen LogP contribution in [0.4, 0.5) is 0 Å². The molecular formula is C16H24Cl2N2O. The molecule has 0 radical (unpaired) electrons. The number of hydrogen-bond acceptors (Lipinski definition) is 2. The molecule has 0 aromatic heterocycles. The van der Waals surface area contributed by atoms with Crippen molar-refractivity contribution in [1.82, 2.24) is 4.90 Å². The number of rotatable bonds is 6. The van der Waals surface area contributed by atoms with Gasteiger partial charge >= 0.3 is 0 Å². The van der Waals surface area contributed by atoms with Crippen molar-refractivity contribution in [2.24, 2.45) is 11.7 Å². The van der Waals surface area contributed by atoms with Crippen molar-refractivity contribution in [3.05, 3.63) is 33.8 Å². The van der Waals surface area contributed by atoms with Gasteiger partial charge in [-0.05, 0) is 43.9 Å². The normalized spacial score (nSPS) is 12.8. The molecule has 1 unspecified atom stereocenters. The van der Waals surface area contributed by atoms with E-state index >= 15 is 0 Å². The maximum Gasteiger partial charge on any atom is 0.240 e. The minimum Gasteiger partial charge on any atom is -0.335 e.